The van der Waals surface area contributed by atoms with Crippen LogP contribution in [0.15, 0.2) is 6.20 Å². The number of piperazine rings is 1. The standard InChI is InChI=1S/C11H19N5O/c1-9-7-16(13-11(9)12)8-10(17)15-5-3-14(2)4-6-15/h7H,3-6,8H2,1-2H3,(H2,12,13). The van der Waals surface area contributed by atoms with Gasteiger partial charge in [0.25, 0.3) is 0 Å². The molecule has 6 heteroatoms. The van der Waals surface area contributed by atoms with Crippen LogP contribution in [0.3, 0.4) is 0 Å². The Bertz CT molecular complexity index is 386. The number of carbonyl (C=O) groups excluding carboxylic acids is 1. The molecule has 17 heavy (non-hydrogen) atoms. The van der Waals surface area contributed by atoms with E-state index < -0.39 is 0 Å². The summed E-state index contributed by atoms with van der Waals surface area (Å²) in [6.07, 6.45) is 1.81. The summed E-state index contributed by atoms with van der Waals surface area (Å²) in [5.41, 5.74) is 6.56. The van der Waals surface area contributed by atoms with E-state index in [1.54, 1.807) is 4.68 Å². The Morgan fingerprint density at radius 3 is 2.59 bits per heavy atom. The number of hydrogen-bond acceptors (Lipinski definition) is 4. The van der Waals surface area contributed by atoms with Gasteiger partial charge >= 0.3 is 0 Å². The number of aromatic nitrogens is 2. The second kappa shape index (κ2) is 4.75. The SMILES string of the molecule is Cc1cn(CC(=O)N2CCN(C)CC2)nc1N. The van der Waals surface area contributed by atoms with Crippen molar-refractivity contribution in [3.8, 4) is 0 Å². The molecule has 0 bridgehead atoms. The Kier molecular flexibility index (Phi) is 3.33. The predicted octanol–water partition coefficient (Wildman–Crippen LogP) is -0.452. The Hall–Kier alpha value is -1.56. The van der Waals surface area contributed by atoms with Gasteiger partial charge in [-0.3, -0.25) is 9.48 Å². The minimum atomic E-state index is 0.112. The minimum Gasteiger partial charge on any atom is -0.382 e. The van der Waals surface area contributed by atoms with E-state index in [0.29, 0.717) is 5.82 Å². The Balaban J connectivity index is 1.93. The molecule has 0 radical (unpaired) electrons. The summed E-state index contributed by atoms with van der Waals surface area (Å²) in [5, 5.41) is 4.10. The highest BCUT2D eigenvalue weighted by molar-refractivity contribution is 5.76. The fraction of sp³-hybridized carbons (Fsp3) is 0.636. The zero-order chi connectivity index (χ0) is 12.4. The van der Waals surface area contributed by atoms with E-state index >= 15 is 0 Å². The molecule has 0 saturated carbocycles. The first-order chi connectivity index (χ1) is 8.06. The van der Waals surface area contributed by atoms with E-state index in [1.165, 1.54) is 0 Å². The molecule has 2 heterocycles. The van der Waals surface area contributed by atoms with Crippen LogP contribution in [0.1, 0.15) is 5.56 Å². The van der Waals surface area contributed by atoms with Crippen molar-refractivity contribution in [1.29, 1.82) is 0 Å². The monoisotopic (exact) mass is 237 g/mol. The van der Waals surface area contributed by atoms with Gasteiger partial charge in [-0.05, 0) is 14.0 Å². The van der Waals surface area contributed by atoms with Crippen molar-refractivity contribution in [3.63, 3.8) is 0 Å². The largest absolute Gasteiger partial charge is 0.382 e. The number of anilines is 1. The van der Waals surface area contributed by atoms with Crippen LogP contribution in [0, 0.1) is 6.92 Å². The first-order valence-electron chi connectivity index (χ1n) is 5.82. The molecule has 1 aliphatic rings. The van der Waals surface area contributed by atoms with Gasteiger partial charge in [0.15, 0.2) is 0 Å². The van der Waals surface area contributed by atoms with Gasteiger partial charge in [0.1, 0.15) is 12.4 Å². The van der Waals surface area contributed by atoms with Crippen LogP contribution in [0.2, 0.25) is 0 Å². The second-order valence-corrected chi connectivity index (χ2v) is 4.58. The lowest BCUT2D eigenvalue weighted by Gasteiger charge is -2.32. The second-order valence-electron chi connectivity index (χ2n) is 4.58. The van der Waals surface area contributed by atoms with Gasteiger partial charge in [-0.25, -0.2) is 0 Å². The fourth-order valence-corrected chi connectivity index (χ4v) is 1.91. The first-order valence-corrected chi connectivity index (χ1v) is 5.82. The lowest BCUT2D eigenvalue weighted by atomic mass is 10.3. The van der Waals surface area contributed by atoms with E-state index in [4.69, 9.17) is 5.73 Å². The van der Waals surface area contributed by atoms with Crippen molar-refractivity contribution in [3.05, 3.63) is 11.8 Å². The third kappa shape index (κ3) is 2.76. The number of carbonyl (C=O) groups is 1. The number of likely N-dealkylation sites (N-methyl/N-ethyl adjacent to an activating group) is 1. The molecule has 0 spiro atoms. The summed E-state index contributed by atoms with van der Waals surface area (Å²) >= 11 is 0. The molecular formula is C11H19N5O. The molecule has 2 N–H and O–H groups in total. The number of amides is 1. The lowest BCUT2D eigenvalue weighted by molar-refractivity contribution is -0.133. The minimum absolute atomic E-state index is 0.112. The van der Waals surface area contributed by atoms with Gasteiger partial charge in [0.2, 0.25) is 5.91 Å². The average Bonchev–Trinajstić information content (AvgIpc) is 2.58. The highest BCUT2D eigenvalue weighted by atomic mass is 16.2. The summed E-state index contributed by atoms with van der Waals surface area (Å²) in [5.74, 6) is 0.608. The molecule has 94 valence electrons. The molecule has 0 atom stereocenters. The number of nitrogens with zero attached hydrogens (tertiary/aromatic N) is 4. The number of nitrogen functional groups attached to an aromatic ring is 1. The van der Waals surface area contributed by atoms with E-state index in [-0.39, 0.29) is 12.5 Å². The number of rotatable bonds is 2. The maximum absolute atomic E-state index is 12.0. The first kappa shape index (κ1) is 11.9. The van der Waals surface area contributed by atoms with Crippen LogP contribution < -0.4 is 5.73 Å². The summed E-state index contributed by atoms with van der Waals surface area (Å²) in [4.78, 5) is 16.1. The maximum Gasteiger partial charge on any atom is 0.244 e. The molecule has 0 unspecified atom stereocenters. The van der Waals surface area contributed by atoms with Crippen molar-refractivity contribution < 1.29 is 4.79 Å². The molecule has 1 aromatic heterocycles. The maximum atomic E-state index is 12.0. The molecule has 1 fully saturated rings. The Morgan fingerprint density at radius 2 is 2.06 bits per heavy atom. The molecule has 1 saturated heterocycles. The lowest BCUT2D eigenvalue weighted by Crippen LogP contribution is -2.48. The molecule has 0 aliphatic carbocycles. The molecule has 2 rings (SSSR count). The van der Waals surface area contributed by atoms with Crippen LogP contribution in [0.4, 0.5) is 5.82 Å². The van der Waals surface area contributed by atoms with Gasteiger partial charge in [-0.2, -0.15) is 5.10 Å². The Labute approximate surface area is 101 Å². The molecular weight excluding hydrogens is 218 g/mol. The highest BCUT2D eigenvalue weighted by Gasteiger charge is 2.19. The van der Waals surface area contributed by atoms with Gasteiger partial charge in [0.05, 0.1) is 0 Å². The van der Waals surface area contributed by atoms with Crippen LogP contribution in [-0.2, 0) is 11.3 Å². The number of nitrogens with two attached hydrogens (primary N) is 1. The number of aryl methyl sites for hydroxylation is 1. The zero-order valence-electron chi connectivity index (χ0n) is 10.4. The zero-order valence-corrected chi connectivity index (χ0v) is 10.4. The highest BCUT2D eigenvalue weighted by Crippen LogP contribution is 2.07. The van der Waals surface area contributed by atoms with Crippen molar-refractivity contribution in [2.45, 2.75) is 13.5 Å². The smallest absolute Gasteiger partial charge is 0.244 e. The normalized spacial score (nSPS) is 17.4. The van der Waals surface area contributed by atoms with Crippen LogP contribution in [0.25, 0.3) is 0 Å². The fourth-order valence-electron chi connectivity index (χ4n) is 1.91. The van der Waals surface area contributed by atoms with Crippen LogP contribution in [0.5, 0.6) is 0 Å². The van der Waals surface area contributed by atoms with E-state index in [1.807, 2.05) is 18.0 Å². The third-order valence-electron chi connectivity index (χ3n) is 3.14. The van der Waals surface area contributed by atoms with Crippen molar-refractivity contribution >= 4 is 11.7 Å². The van der Waals surface area contributed by atoms with Crippen LogP contribution in [-0.4, -0.2) is 58.7 Å². The summed E-state index contributed by atoms with van der Waals surface area (Å²) in [7, 11) is 2.07. The Morgan fingerprint density at radius 1 is 1.41 bits per heavy atom. The summed E-state index contributed by atoms with van der Waals surface area (Å²) in [6.45, 7) is 5.63. The topological polar surface area (TPSA) is 67.4 Å². The van der Waals surface area contributed by atoms with Gasteiger partial charge in [0, 0.05) is 37.9 Å². The van der Waals surface area contributed by atoms with Gasteiger partial charge in [-0.15, -0.1) is 0 Å². The quantitative estimate of drug-likeness (QED) is 0.756. The van der Waals surface area contributed by atoms with Crippen molar-refractivity contribution in [2.24, 2.45) is 0 Å². The molecule has 1 aromatic rings. The van der Waals surface area contributed by atoms with E-state index in [2.05, 4.69) is 17.0 Å². The van der Waals surface area contributed by atoms with Crippen molar-refractivity contribution in [1.82, 2.24) is 19.6 Å². The van der Waals surface area contributed by atoms with E-state index in [0.717, 1.165) is 31.7 Å². The summed E-state index contributed by atoms with van der Waals surface area (Å²) < 4.78 is 1.62. The average molecular weight is 237 g/mol. The molecule has 0 aromatic carbocycles. The predicted molar refractivity (Wildman–Crippen MR) is 65.5 cm³/mol. The number of hydrogen-bond donors (Lipinski definition) is 1. The van der Waals surface area contributed by atoms with Crippen LogP contribution >= 0.6 is 0 Å². The summed E-state index contributed by atoms with van der Waals surface area (Å²) in [6, 6.07) is 0. The molecule has 1 amide bonds. The molecule has 1 aliphatic heterocycles. The third-order valence-corrected chi connectivity index (χ3v) is 3.14. The van der Waals surface area contributed by atoms with Crippen molar-refractivity contribution in [2.75, 3.05) is 39.0 Å². The van der Waals surface area contributed by atoms with E-state index in [9.17, 15) is 4.79 Å². The molecule has 6 nitrogen and oxygen atoms in total. The van der Waals surface area contributed by atoms with Gasteiger partial charge < -0.3 is 15.5 Å². The van der Waals surface area contributed by atoms with Gasteiger partial charge in [-0.1, -0.05) is 0 Å².